The standard InChI is InChI=1S/C23H22F4N4O4/c24-14-1-6-17-18(12-20(32)29-19(17)11-14)22(34)31-9-7-30(8-10-31)13-21(33)28-15-2-4-16(5-3-15)35-23(25,26)27/h1-6,11,18H,7-10,12-13H2,(H,28,33)(H,29,32). The smallest absolute Gasteiger partial charge is 0.406 e. The third-order valence-corrected chi connectivity index (χ3v) is 5.78. The Kier molecular flexibility index (Phi) is 6.92. The lowest BCUT2D eigenvalue weighted by atomic mass is 9.89. The highest BCUT2D eigenvalue weighted by atomic mass is 19.4. The molecule has 0 radical (unpaired) electrons. The first-order valence-corrected chi connectivity index (χ1v) is 10.8. The summed E-state index contributed by atoms with van der Waals surface area (Å²) in [4.78, 5) is 40.9. The Morgan fingerprint density at radius 2 is 1.74 bits per heavy atom. The van der Waals surface area contributed by atoms with Crippen LogP contribution < -0.4 is 15.4 Å². The Labute approximate surface area is 197 Å². The van der Waals surface area contributed by atoms with Gasteiger partial charge in [-0.15, -0.1) is 13.2 Å². The molecule has 1 unspecified atom stereocenters. The number of anilines is 2. The quantitative estimate of drug-likeness (QED) is 0.624. The van der Waals surface area contributed by atoms with E-state index >= 15 is 0 Å². The van der Waals surface area contributed by atoms with Crippen molar-refractivity contribution in [2.24, 2.45) is 0 Å². The molecule has 2 heterocycles. The van der Waals surface area contributed by atoms with Crippen molar-refractivity contribution in [2.45, 2.75) is 18.7 Å². The fraction of sp³-hybridized carbons (Fsp3) is 0.348. The van der Waals surface area contributed by atoms with Crippen molar-refractivity contribution in [2.75, 3.05) is 43.4 Å². The second-order valence-corrected chi connectivity index (χ2v) is 8.26. The second-order valence-electron chi connectivity index (χ2n) is 8.26. The fourth-order valence-corrected chi connectivity index (χ4v) is 4.15. The molecule has 2 aliphatic heterocycles. The number of halogens is 4. The molecule has 4 rings (SSSR count). The van der Waals surface area contributed by atoms with Gasteiger partial charge in [-0.1, -0.05) is 6.07 Å². The van der Waals surface area contributed by atoms with Crippen LogP contribution in [-0.4, -0.2) is 66.6 Å². The molecule has 2 aromatic rings. The van der Waals surface area contributed by atoms with Gasteiger partial charge in [0, 0.05) is 44.0 Å². The largest absolute Gasteiger partial charge is 0.573 e. The molecular weight excluding hydrogens is 472 g/mol. The number of amides is 3. The van der Waals surface area contributed by atoms with Crippen LogP contribution in [0.2, 0.25) is 0 Å². The number of alkyl halides is 3. The van der Waals surface area contributed by atoms with E-state index < -0.39 is 18.1 Å². The number of nitrogens with one attached hydrogen (secondary N) is 2. The van der Waals surface area contributed by atoms with Crippen LogP contribution in [-0.2, 0) is 14.4 Å². The van der Waals surface area contributed by atoms with E-state index in [1.807, 2.05) is 4.90 Å². The van der Waals surface area contributed by atoms with E-state index in [0.717, 1.165) is 12.1 Å². The highest BCUT2D eigenvalue weighted by molar-refractivity contribution is 6.01. The van der Waals surface area contributed by atoms with E-state index in [1.54, 1.807) is 4.90 Å². The summed E-state index contributed by atoms with van der Waals surface area (Å²) in [6, 6.07) is 8.77. The monoisotopic (exact) mass is 494 g/mol. The van der Waals surface area contributed by atoms with Gasteiger partial charge in [-0.25, -0.2) is 4.39 Å². The van der Waals surface area contributed by atoms with Crippen molar-refractivity contribution in [3.05, 3.63) is 53.8 Å². The first-order chi connectivity index (χ1) is 16.6. The number of nitrogens with zero attached hydrogens (tertiary/aromatic N) is 2. The van der Waals surface area contributed by atoms with Gasteiger partial charge in [0.05, 0.1) is 12.5 Å². The zero-order valence-corrected chi connectivity index (χ0v) is 18.4. The molecule has 186 valence electrons. The topological polar surface area (TPSA) is 91.0 Å². The number of benzene rings is 2. The Morgan fingerprint density at radius 3 is 2.40 bits per heavy atom. The van der Waals surface area contributed by atoms with Crippen LogP contribution in [0.25, 0.3) is 0 Å². The van der Waals surface area contributed by atoms with Gasteiger partial charge >= 0.3 is 6.36 Å². The SMILES string of the molecule is O=C(CN1CCN(C(=O)C2CC(=O)Nc3cc(F)ccc32)CC1)Nc1ccc(OC(F)(F)F)cc1. The van der Waals surface area contributed by atoms with Gasteiger partial charge in [0.15, 0.2) is 0 Å². The van der Waals surface area contributed by atoms with Gasteiger partial charge in [-0.05, 0) is 42.0 Å². The fourth-order valence-electron chi connectivity index (χ4n) is 4.15. The molecule has 0 spiro atoms. The molecule has 1 saturated heterocycles. The summed E-state index contributed by atoms with van der Waals surface area (Å²) in [6.07, 6.45) is -4.81. The predicted molar refractivity (Wildman–Crippen MR) is 117 cm³/mol. The number of hydrogen-bond donors (Lipinski definition) is 2. The first kappa shape index (κ1) is 24.5. The van der Waals surface area contributed by atoms with E-state index in [1.165, 1.54) is 30.3 Å². The summed E-state index contributed by atoms with van der Waals surface area (Å²) < 4.78 is 54.0. The Bertz CT molecular complexity index is 1120. The molecular formula is C23H22F4N4O4. The Morgan fingerprint density at radius 1 is 1.06 bits per heavy atom. The molecule has 2 N–H and O–H groups in total. The van der Waals surface area contributed by atoms with E-state index in [4.69, 9.17) is 0 Å². The summed E-state index contributed by atoms with van der Waals surface area (Å²) in [5.74, 6) is -2.52. The maximum atomic E-state index is 13.5. The van der Waals surface area contributed by atoms with Crippen molar-refractivity contribution in [1.29, 1.82) is 0 Å². The first-order valence-electron chi connectivity index (χ1n) is 10.8. The molecule has 8 nitrogen and oxygen atoms in total. The van der Waals surface area contributed by atoms with Crippen molar-refractivity contribution < 1.29 is 36.7 Å². The van der Waals surface area contributed by atoms with Crippen LogP contribution in [0, 0.1) is 5.82 Å². The molecule has 3 amide bonds. The molecule has 2 aromatic carbocycles. The van der Waals surface area contributed by atoms with Crippen LogP contribution in [0.5, 0.6) is 5.75 Å². The van der Waals surface area contributed by atoms with Gasteiger partial charge in [0.1, 0.15) is 11.6 Å². The molecule has 0 bridgehead atoms. The van der Waals surface area contributed by atoms with E-state index in [0.29, 0.717) is 43.1 Å². The van der Waals surface area contributed by atoms with Crippen molar-refractivity contribution in [1.82, 2.24) is 9.80 Å². The normalized spacial score (nSPS) is 18.5. The van der Waals surface area contributed by atoms with E-state index in [2.05, 4.69) is 15.4 Å². The van der Waals surface area contributed by atoms with Gasteiger partial charge in [-0.3, -0.25) is 19.3 Å². The van der Waals surface area contributed by atoms with Gasteiger partial charge in [0.25, 0.3) is 0 Å². The average molecular weight is 494 g/mol. The lowest BCUT2D eigenvalue weighted by molar-refractivity contribution is -0.274. The number of fused-ring (bicyclic) bond motifs is 1. The number of ether oxygens (including phenoxy) is 1. The number of hydrogen-bond acceptors (Lipinski definition) is 5. The summed E-state index contributed by atoms with van der Waals surface area (Å²) >= 11 is 0. The highest BCUT2D eigenvalue weighted by Crippen LogP contribution is 2.34. The van der Waals surface area contributed by atoms with Gasteiger partial charge < -0.3 is 20.3 Å². The number of piperazine rings is 1. The molecule has 12 heteroatoms. The molecule has 0 aromatic heterocycles. The van der Waals surface area contributed by atoms with Crippen LogP contribution in [0.15, 0.2) is 42.5 Å². The number of carbonyl (C=O) groups is 3. The summed E-state index contributed by atoms with van der Waals surface area (Å²) in [7, 11) is 0. The minimum Gasteiger partial charge on any atom is -0.406 e. The third-order valence-electron chi connectivity index (χ3n) is 5.78. The molecule has 1 fully saturated rings. The van der Waals surface area contributed by atoms with Crippen LogP contribution in [0.1, 0.15) is 17.9 Å². The van der Waals surface area contributed by atoms with Crippen molar-refractivity contribution in [3.63, 3.8) is 0 Å². The van der Waals surface area contributed by atoms with Crippen molar-refractivity contribution >= 4 is 29.1 Å². The Hall–Kier alpha value is -3.67. The summed E-state index contributed by atoms with van der Waals surface area (Å²) in [5.41, 5.74) is 1.20. The summed E-state index contributed by atoms with van der Waals surface area (Å²) in [6.45, 7) is 1.59. The van der Waals surface area contributed by atoms with E-state index in [-0.39, 0.29) is 36.4 Å². The van der Waals surface area contributed by atoms with Crippen molar-refractivity contribution in [3.8, 4) is 5.75 Å². The maximum absolute atomic E-state index is 13.5. The van der Waals surface area contributed by atoms with Gasteiger partial charge in [0.2, 0.25) is 17.7 Å². The lowest BCUT2D eigenvalue weighted by Crippen LogP contribution is -2.52. The lowest BCUT2D eigenvalue weighted by Gasteiger charge is -2.37. The molecule has 2 aliphatic rings. The average Bonchev–Trinajstić information content (AvgIpc) is 2.78. The van der Waals surface area contributed by atoms with Crippen LogP contribution in [0.3, 0.4) is 0 Å². The predicted octanol–water partition coefficient (Wildman–Crippen LogP) is 2.93. The minimum atomic E-state index is -4.79. The maximum Gasteiger partial charge on any atom is 0.573 e. The van der Waals surface area contributed by atoms with Crippen LogP contribution in [0.4, 0.5) is 28.9 Å². The molecule has 35 heavy (non-hydrogen) atoms. The number of carbonyl (C=O) groups excluding carboxylic acids is 3. The number of rotatable bonds is 5. The Balaban J connectivity index is 1.28. The third kappa shape index (κ3) is 6.27. The van der Waals surface area contributed by atoms with Gasteiger partial charge in [-0.2, -0.15) is 0 Å². The highest BCUT2D eigenvalue weighted by Gasteiger charge is 2.35. The minimum absolute atomic E-state index is 0.0209. The molecule has 1 atom stereocenters. The van der Waals surface area contributed by atoms with E-state index in [9.17, 15) is 31.9 Å². The molecule has 0 saturated carbocycles. The zero-order chi connectivity index (χ0) is 25.2. The zero-order valence-electron chi connectivity index (χ0n) is 18.4. The summed E-state index contributed by atoms with van der Waals surface area (Å²) in [5, 5.41) is 5.20. The van der Waals surface area contributed by atoms with Crippen LogP contribution >= 0.6 is 0 Å². The molecule has 0 aliphatic carbocycles. The second kappa shape index (κ2) is 9.90.